The van der Waals surface area contributed by atoms with E-state index in [1.54, 1.807) is 6.33 Å². The fourth-order valence-corrected chi connectivity index (χ4v) is 5.31. The maximum absolute atomic E-state index is 12.8. The molecule has 1 saturated heterocycles. The van der Waals surface area contributed by atoms with Crippen LogP contribution in [0, 0.1) is 11.8 Å². The van der Waals surface area contributed by atoms with E-state index in [0.29, 0.717) is 17.7 Å². The summed E-state index contributed by atoms with van der Waals surface area (Å²) in [5.74, 6) is 2.87. The Morgan fingerprint density at radius 2 is 1.93 bits per heavy atom. The predicted octanol–water partition coefficient (Wildman–Crippen LogP) is 2.52. The van der Waals surface area contributed by atoms with Crippen LogP contribution in [-0.2, 0) is 17.6 Å². The SMILES string of the molecule is C[C@@H]1CCCC[C@H]1NC(=O)C1CCN(c2c3c(nc4ncnn24)CCC3)CC1. The van der Waals surface area contributed by atoms with E-state index in [2.05, 4.69) is 32.2 Å². The van der Waals surface area contributed by atoms with Crippen LogP contribution in [0.15, 0.2) is 6.33 Å². The van der Waals surface area contributed by atoms with Gasteiger partial charge in [-0.05, 0) is 50.9 Å². The smallest absolute Gasteiger partial charge is 0.254 e. The second-order valence-electron chi connectivity index (χ2n) is 8.82. The average molecular weight is 383 g/mol. The Morgan fingerprint density at radius 1 is 1.11 bits per heavy atom. The Bertz CT molecular complexity index is 869. The molecule has 0 radical (unpaired) electrons. The highest BCUT2D eigenvalue weighted by Gasteiger charge is 2.32. The predicted molar refractivity (Wildman–Crippen MR) is 107 cm³/mol. The minimum absolute atomic E-state index is 0.131. The van der Waals surface area contributed by atoms with Crippen LogP contribution in [0.5, 0.6) is 0 Å². The van der Waals surface area contributed by atoms with Gasteiger partial charge in [-0.1, -0.05) is 19.8 Å². The average Bonchev–Trinajstić information content (AvgIpc) is 3.37. The molecule has 1 aliphatic heterocycles. The number of nitrogens with zero attached hydrogens (tertiary/aromatic N) is 5. The number of fused-ring (bicyclic) bond motifs is 2. The Hall–Kier alpha value is -2.18. The van der Waals surface area contributed by atoms with E-state index in [9.17, 15) is 4.79 Å². The number of hydrogen-bond acceptors (Lipinski definition) is 5. The molecule has 3 aliphatic rings. The molecule has 150 valence electrons. The van der Waals surface area contributed by atoms with Crippen molar-refractivity contribution in [3.63, 3.8) is 0 Å². The first-order valence-corrected chi connectivity index (χ1v) is 11.0. The highest BCUT2D eigenvalue weighted by atomic mass is 16.2. The van der Waals surface area contributed by atoms with Gasteiger partial charge in [0, 0.05) is 30.6 Å². The van der Waals surface area contributed by atoms with Crippen molar-refractivity contribution in [2.45, 2.75) is 70.8 Å². The van der Waals surface area contributed by atoms with Gasteiger partial charge in [-0.25, -0.2) is 4.98 Å². The van der Waals surface area contributed by atoms with Gasteiger partial charge in [0.2, 0.25) is 5.91 Å². The van der Waals surface area contributed by atoms with Crippen molar-refractivity contribution in [1.29, 1.82) is 0 Å². The van der Waals surface area contributed by atoms with Crippen molar-refractivity contribution in [2.24, 2.45) is 11.8 Å². The van der Waals surface area contributed by atoms with E-state index in [4.69, 9.17) is 0 Å². The van der Waals surface area contributed by atoms with Gasteiger partial charge in [0.25, 0.3) is 5.78 Å². The molecule has 5 rings (SSSR count). The molecule has 1 N–H and O–H groups in total. The van der Waals surface area contributed by atoms with Gasteiger partial charge in [0.05, 0.1) is 5.69 Å². The van der Waals surface area contributed by atoms with Crippen LogP contribution in [0.2, 0.25) is 0 Å². The molecule has 7 nitrogen and oxygen atoms in total. The number of amides is 1. The summed E-state index contributed by atoms with van der Waals surface area (Å²) in [4.78, 5) is 24.3. The van der Waals surface area contributed by atoms with Gasteiger partial charge in [0.15, 0.2) is 0 Å². The van der Waals surface area contributed by atoms with Gasteiger partial charge in [-0.3, -0.25) is 4.79 Å². The minimum Gasteiger partial charge on any atom is -0.356 e. The zero-order valence-corrected chi connectivity index (χ0v) is 16.7. The fourth-order valence-electron chi connectivity index (χ4n) is 5.31. The Labute approximate surface area is 165 Å². The zero-order valence-electron chi connectivity index (χ0n) is 16.7. The number of aromatic nitrogens is 4. The summed E-state index contributed by atoms with van der Waals surface area (Å²) in [5, 5.41) is 7.80. The van der Waals surface area contributed by atoms with Crippen molar-refractivity contribution < 1.29 is 4.79 Å². The zero-order chi connectivity index (χ0) is 19.1. The topological polar surface area (TPSA) is 75.4 Å². The van der Waals surface area contributed by atoms with Gasteiger partial charge < -0.3 is 10.2 Å². The molecule has 28 heavy (non-hydrogen) atoms. The maximum atomic E-state index is 12.8. The molecule has 0 bridgehead atoms. The van der Waals surface area contributed by atoms with Crippen molar-refractivity contribution >= 4 is 17.5 Å². The third-order valence-electron chi connectivity index (χ3n) is 7.03. The fraction of sp³-hybridized carbons (Fsp3) is 0.714. The van der Waals surface area contributed by atoms with Crippen molar-refractivity contribution in [1.82, 2.24) is 24.9 Å². The third-order valence-corrected chi connectivity index (χ3v) is 7.03. The van der Waals surface area contributed by atoms with Crippen molar-refractivity contribution in [3.05, 3.63) is 17.6 Å². The molecule has 1 amide bonds. The first-order valence-electron chi connectivity index (χ1n) is 11.0. The minimum atomic E-state index is 0.131. The van der Waals surface area contributed by atoms with E-state index in [1.807, 2.05) is 4.52 Å². The molecule has 3 heterocycles. The quantitative estimate of drug-likeness (QED) is 0.883. The van der Waals surface area contributed by atoms with E-state index in [0.717, 1.165) is 57.4 Å². The monoisotopic (exact) mass is 382 g/mol. The van der Waals surface area contributed by atoms with Crippen LogP contribution in [0.25, 0.3) is 5.78 Å². The highest BCUT2D eigenvalue weighted by Crippen LogP contribution is 2.33. The lowest BCUT2D eigenvalue weighted by atomic mass is 9.85. The summed E-state index contributed by atoms with van der Waals surface area (Å²) in [6.45, 7) is 4.06. The van der Waals surface area contributed by atoms with Crippen LogP contribution in [-0.4, -0.2) is 44.6 Å². The number of nitrogens with one attached hydrogen (secondary N) is 1. The van der Waals surface area contributed by atoms with Crippen LogP contribution in [0.3, 0.4) is 0 Å². The lowest BCUT2D eigenvalue weighted by Crippen LogP contribution is -2.47. The molecule has 0 aromatic carbocycles. The highest BCUT2D eigenvalue weighted by molar-refractivity contribution is 5.79. The molecule has 7 heteroatoms. The van der Waals surface area contributed by atoms with Crippen LogP contribution in [0.1, 0.15) is 63.1 Å². The van der Waals surface area contributed by atoms with Crippen molar-refractivity contribution in [2.75, 3.05) is 18.0 Å². The van der Waals surface area contributed by atoms with Gasteiger partial charge in [0.1, 0.15) is 12.1 Å². The Balaban J connectivity index is 1.28. The summed E-state index contributed by atoms with van der Waals surface area (Å²) in [6, 6.07) is 0.373. The molecule has 2 aromatic heterocycles. The second-order valence-corrected chi connectivity index (χ2v) is 8.82. The second kappa shape index (κ2) is 7.33. The lowest BCUT2D eigenvalue weighted by molar-refractivity contribution is -0.126. The normalized spacial score (nSPS) is 25.8. The number of rotatable bonds is 3. The summed E-state index contributed by atoms with van der Waals surface area (Å²) >= 11 is 0. The molecule has 2 aromatic rings. The number of hydrogen-bond donors (Lipinski definition) is 1. The number of carbonyl (C=O) groups excluding carboxylic acids is 1. The van der Waals surface area contributed by atoms with Gasteiger partial charge in [-0.15, -0.1) is 0 Å². The first kappa shape index (κ1) is 17.9. The molecule has 2 atom stereocenters. The van der Waals surface area contributed by atoms with E-state index >= 15 is 0 Å². The summed E-state index contributed by atoms with van der Waals surface area (Å²) in [7, 11) is 0. The molecule has 0 spiro atoms. The van der Waals surface area contributed by atoms with Crippen LogP contribution in [0.4, 0.5) is 5.82 Å². The largest absolute Gasteiger partial charge is 0.356 e. The van der Waals surface area contributed by atoms with E-state index < -0.39 is 0 Å². The lowest BCUT2D eigenvalue weighted by Gasteiger charge is -2.36. The Kier molecular flexibility index (Phi) is 4.69. The summed E-state index contributed by atoms with van der Waals surface area (Å²) in [5.41, 5.74) is 2.51. The van der Waals surface area contributed by atoms with Gasteiger partial charge >= 0.3 is 0 Å². The number of carbonyl (C=O) groups is 1. The number of aryl methyl sites for hydroxylation is 1. The van der Waals surface area contributed by atoms with E-state index in [-0.39, 0.29) is 11.8 Å². The first-order chi connectivity index (χ1) is 13.7. The molecule has 1 saturated carbocycles. The van der Waals surface area contributed by atoms with Crippen LogP contribution >= 0.6 is 0 Å². The van der Waals surface area contributed by atoms with Gasteiger partial charge in [-0.2, -0.15) is 14.6 Å². The number of anilines is 1. The molecule has 2 fully saturated rings. The van der Waals surface area contributed by atoms with Crippen molar-refractivity contribution in [3.8, 4) is 0 Å². The molecular formula is C21H30N6O. The Morgan fingerprint density at radius 3 is 2.75 bits per heavy atom. The van der Waals surface area contributed by atoms with E-state index in [1.165, 1.54) is 30.5 Å². The molecule has 0 unspecified atom stereocenters. The third kappa shape index (κ3) is 3.14. The summed E-state index contributed by atoms with van der Waals surface area (Å²) < 4.78 is 1.90. The number of piperidine rings is 1. The summed E-state index contributed by atoms with van der Waals surface area (Å²) in [6.07, 6.45) is 11.6. The maximum Gasteiger partial charge on any atom is 0.254 e. The standard InChI is InChI=1S/C21H30N6O/c1-14-5-2-3-7-17(14)24-19(28)15-9-11-26(12-10-15)20-16-6-4-8-18(16)25-21-22-13-23-27(20)21/h13-15,17H,2-12H2,1H3,(H,24,28)/t14-,17-/m1/s1. The van der Waals surface area contributed by atoms with Crippen LogP contribution < -0.4 is 10.2 Å². The molecular weight excluding hydrogens is 352 g/mol. The molecule has 2 aliphatic carbocycles.